The molecule has 0 amide bonds. The Bertz CT molecular complexity index is 1750. The molecule has 0 atom stereocenters. The summed E-state index contributed by atoms with van der Waals surface area (Å²) in [5.41, 5.74) is 7.55. The maximum Gasteiger partial charge on any atom is 0.0495 e. The molecule has 0 aliphatic rings. The second-order valence-electron chi connectivity index (χ2n) is 9.63. The normalized spacial score (nSPS) is 11.9. The van der Waals surface area contributed by atoms with Crippen LogP contribution < -0.4 is 0 Å². The minimum absolute atomic E-state index is 0.820. The minimum atomic E-state index is 0.820. The lowest BCUT2D eigenvalue weighted by atomic mass is 10.1. The summed E-state index contributed by atoms with van der Waals surface area (Å²) < 4.78 is 9.22. The molecule has 5 aromatic carbocycles. The highest BCUT2D eigenvalue weighted by molar-refractivity contribution is 9.11. The first-order valence-corrected chi connectivity index (χ1v) is 15.4. The highest BCUT2D eigenvalue weighted by Gasteiger charge is 2.14. The molecule has 0 radical (unpaired) electrons. The van der Waals surface area contributed by atoms with Gasteiger partial charge in [0, 0.05) is 74.6 Å². The smallest absolute Gasteiger partial charge is 0.0495 e. The SMILES string of the molecule is Brc1ccc2c(c1)c1cc(Br)ccc1n2Cc1ccc(Cn2c3ccc(Br)cc3c3cc(Br)ccc32)cc1. The molecule has 7 aromatic rings. The highest BCUT2D eigenvalue weighted by Crippen LogP contribution is 2.35. The second kappa shape index (κ2) is 9.67. The van der Waals surface area contributed by atoms with Gasteiger partial charge in [0.05, 0.1) is 0 Å². The van der Waals surface area contributed by atoms with E-state index in [1.54, 1.807) is 0 Å². The summed E-state index contributed by atoms with van der Waals surface area (Å²) in [6.07, 6.45) is 0. The molecule has 0 aliphatic carbocycles. The number of hydrogen-bond acceptors (Lipinski definition) is 0. The summed E-state index contributed by atoms with van der Waals surface area (Å²) in [6.45, 7) is 1.64. The van der Waals surface area contributed by atoms with Gasteiger partial charge in [-0.3, -0.25) is 0 Å². The van der Waals surface area contributed by atoms with Gasteiger partial charge in [-0.1, -0.05) is 88.0 Å². The first-order valence-electron chi connectivity index (χ1n) is 12.3. The van der Waals surface area contributed by atoms with Crippen LogP contribution in [0.25, 0.3) is 43.6 Å². The van der Waals surface area contributed by atoms with Gasteiger partial charge in [0.25, 0.3) is 0 Å². The zero-order valence-electron chi connectivity index (χ0n) is 20.1. The molecule has 0 saturated carbocycles. The molecule has 6 heteroatoms. The van der Waals surface area contributed by atoms with Crippen LogP contribution in [0, 0.1) is 0 Å². The van der Waals surface area contributed by atoms with Gasteiger partial charge in [-0.05, 0) is 83.9 Å². The molecule has 186 valence electrons. The van der Waals surface area contributed by atoms with E-state index in [4.69, 9.17) is 0 Å². The topological polar surface area (TPSA) is 9.86 Å². The van der Waals surface area contributed by atoms with Crippen LogP contribution in [0.5, 0.6) is 0 Å². The number of nitrogens with zero attached hydrogens (tertiary/aromatic N) is 2. The summed E-state index contributed by atoms with van der Waals surface area (Å²) >= 11 is 14.6. The van der Waals surface area contributed by atoms with Crippen LogP contribution in [0.15, 0.2) is 115 Å². The van der Waals surface area contributed by atoms with Gasteiger partial charge in [0.1, 0.15) is 0 Å². The van der Waals surface area contributed by atoms with Crippen molar-refractivity contribution in [1.82, 2.24) is 9.13 Å². The Kier molecular flexibility index (Phi) is 6.27. The van der Waals surface area contributed by atoms with Crippen molar-refractivity contribution in [3.05, 3.63) is 126 Å². The van der Waals surface area contributed by atoms with Crippen LogP contribution >= 0.6 is 63.7 Å². The first-order chi connectivity index (χ1) is 18.4. The van der Waals surface area contributed by atoms with Gasteiger partial charge in [-0.2, -0.15) is 0 Å². The van der Waals surface area contributed by atoms with E-state index in [1.807, 2.05) is 0 Å². The Labute approximate surface area is 253 Å². The predicted molar refractivity (Wildman–Crippen MR) is 174 cm³/mol. The van der Waals surface area contributed by atoms with E-state index in [0.29, 0.717) is 0 Å². The molecule has 0 spiro atoms. The largest absolute Gasteiger partial charge is 0.336 e. The average molecular weight is 752 g/mol. The number of fused-ring (bicyclic) bond motifs is 6. The molecule has 0 saturated heterocycles. The van der Waals surface area contributed by atoms with Crippen molar-refractivity contribution in [1.29, 1.82) is 0 Å². The van der Waals surface area contributed by atoms with Crippen molar-refractivity contribution < 1.29 is 0 Å². The predicted octanol–water partition coefficient (Wildman–Crippen LogP) is 11.0. The summed E-state index contributed by atoms with van der Waals surface area (Å²) in [4.78, 5) is 0. The molecule has 0 N–H and O–H groups in total. The Morgan fingerprint density at radius 3 is 0.895 bits per heavy atom. The van der Waals surface area contributed by atoms with Gasteiger partial charge in [-0.25, -0.2) is 0 Å². The standard InChI is InChI=1S/C32H20Br4N2/c33-21-5-9-29-25(13-21)26-14-22(34)6-10-30(26)37(29)17-19-1-2-20(4-3-19)18-38-31-11-7-23(35)15-27(31)28-16-24(36)8-12-32(28)38/h1-16H,17-18H2. The lowest BCUT2D eigenvalue weighted by molar-refractivity contribution is 0.852. The zero-order chi connectivity index (χ0) is 26.0. The number of halogens is 4. The lowest BCUT2D eigenvalue weighted by Crippen LogP contribution is -2.02. The Balaban J connectivity index is 1.26. The molecule has 2 aromatic heterocycles. The van der Waals surface area contributed by atoms with E-state index >= 15 is 0 Å². The van der Waals surface area contributed by atoms with Crippen molar-refractivity contribution in [2.75, 3.05) is 0 Å². The molecule has 2 nitrogen and oxygen atoms in total. The molecule has 2 heterocycles. The maximum absolute atomic E-state index is 3.65. The van der Waals surface area contributed by atoms with Crippen LogP contribution in [0.1, 0.15) is 11.1 Å². The van der Waals surface area contributed by atoms with Crippen molar-refractivity contribution >= 4 is 107 Å². The van der Waals surface area contributed by atoms with E-state index in [1.165, 1.54) is 54.7 Å². The molecule has 0 bridgehead atoms. The van der Waals surface area contributed by atoms with Gasteiger partial charge in [-0.15, -0.1) is 0 Å². The average Bonchev–Trinajstić information content (AvgIpc) is 3.36. The molecule has 0 fully saturated rings. The van der Waals surface area contributed by atoms with Crippen LogP contribution in [0.4, 0.5) is 0 Å². The minimum Gasteiger partial charge on any atom is -0.336 e. The summed E-state index contributed by atoms with van der Waals surface area (Å²) in [7, 11) is 0. The van der Waals surface area contributed by atoms with Gasteiger partial charge in [0.2, 0.25) is 0 Å². The van der Waals surface area contributed by atoms with Crippen molar-refractivity contribution in [2.24, 2.45) is 0 Å². The first kappa shape index (κ1) is 24.6. The van der Waals surface area contributed by atoms with Crippen molar-refractivity contribution in [3.63, 3.8) is 0 Å². The maximum atomic E-state index is 3.65. The molecule has 38 heavy (non-hydrogen) atoms. The summed E-state index contributed by atoms with van der Waals surface area (Å²) in [6, 6.07) is 35.3. The quantitative estimate of drug-likeness (QED) is 0.169. The van der Waals surface area contributed by atoms with E-state index in [2.05, 4.69) is 170 Å². The third-order valence-corrected chi connectivity index (χ3v) is 9.26. The molecule has 0 unspecified atom stereocenters. The van der Waals surface area contributed by atoms with E-state index < -0.39 is 0 Å². The molecule has 0 aliphatic heterocycles. The Morgan fingerprint density at radius 2 is 0.632 bits per heavy atom. The van der Waals surface area contributed by atoms with Crippen LogP contribution in [0.3, 0.4) is 0 Å². The van der Waals surface area contributed by atoms with E-state index in [9.17, 15) is 0 Å². The summed E-state index contributed by atoms with van der Waals surface area (Å²) in [5, 5.41) is 5.04. The highest BCUT2D eigenvalue weighted by atomic mass is 79.9. The number of rotatable bonds is 4. The Morgan fingerprint density at radius 1 is 0.368 bits per heavy atom. The number of benzene rings is 5. The zero-order valence-corrected chi connectivity index (χ0v) is 26.4. The van der Waals surface area contributed by atoms with Gasteiger partial charge >= 0.3 is 0 Å². The third-order valence-electron chi connectivity index (χ3n) is 7.28. The van der Waals surface area contributed by atoms with Crippen LogP contribution in [-0.2, 0) is 13.1 Å². The van der Waals surface area contributed by atoms with Gasteiger partial charge < -0.3 is 9.13 Å². The number of aromatic nitrogens is 2. The fraction of sp³-hybridized carbons (Fsp3) is 0.0625. The summed E-state index contributed by atoms with van der Waals surface area (Å²) in [5.74, 6) is 0. The fourth-order valence-corrected chi connectivity index (χ4v) is 7.00. The lowest BCUT2D eigenvalue weighted by Gasteiger charge is -2.11. The third kappa shape index (κ3) is 4.26. The van der Waals surface area contributed by atoms with E-state index in [0.717, 1.165) is 31.0 Å². The molecular formula is C32H20Br4N2. The monoisotopic (exact) mass is 748 g/mol. The van der Waals surface area contributed by atoms with Crippen molar-refractivity contribution in [3.8, 4) is 0 Å². The molecular weight excluding hydrogens is 732 g/mol. The van der Waals surface area contributed by atoms with Crippen molar-refractivity contribution in [2.45, 2.75) is 13.1 Å². The number of hydrogen-bond donors (Lipinski definition) is 0. The van der Waals surface area contributed by atoms with Gasteiger partial charge in [0.15, 0.2) is 0 Å². The van der Waals surface area contributed by atoms with Crippen LogP contribution in [-0.4, -0.2) is 9.13 Å². The molecule has 7 rings (SSSR count). The second-order valence-corrected chi connectivity index (χ2v) is 13.3. The van der Waals surface area contributed by atoms with Crippen LogP contribution in [0.2, 0.25) is 0 Å². The van der Waals surface area contributed by atoms with E-state index in [-0.39, 0.29) is 0 Å². The Hall–Kier alpha value is -2.38. The fourth-order valence-electron chi connectivity index (χ4n) is 5.55.